The average Bonchev–Trinajstić information content (AvgIpc) is 2.09. The summed E-state index contributed by atoms with van der Waals surface area (Å²) in [5, 5.41) is 3.39. The van der Waals surface area contributed by atoms with E-state index in [1.165, 1.54) is 32.4 Å². The van der Waals surface area contributed by atoms with E-state index in [9.17, 15) is 0 Å². The molecule has 1 aliphatic heterocycles. The molecule has 1 unspecified atom stereocenters. The third kappa shape index (κ3) is 2.68. The maximum atomic E-state index is 3.39. The second-order valence-electron chi connectivity index (χ2n) is 4.78. The topological polar surface area (TPSA) is 15.3 Å². The fraction of sp³-hybridized carbons (Fsp3) is 1.00. The SMILES string of the molecule is CCCN1CC(NC)CCC1(C)C. The van der Waals surface area contributed by atoms with Crippen molar-refractivity contribution in [1.29, 1.82) is 0 Å². The summed E-state index contributed by atoms with van der Waals surface area (Å²) in [6, 6.07) is 0.708. The summed E-state index contributed by atoms with van der Waals surface area (Å²) >= 11 is 0. The summed E-state index contributed by atoms with van der Waals surface area (Å²) < 4.78 is 0. The van der Waals surface area contributed by atoms with Crippen LogP contribution in [0.1, 0.15) is 40.0 Å². The predicted molar refractivity (Wildman–Crippen MR) is 58.0 cm³/mol. The average molecular weight is 184 g/mol. The molecule has 0 aromatic heterocycles. The van der Waals surface area contributed by atoms with Gasteiger partial charge in [-0.25, -0.2) is 0 Å². The zero-order valence-corrected chi connectivity index (χ0v) is 9.56. The second-order valence-corrected chi connectivity index (χ2v) is 4.78. The van der Waals surface area contributed by atoms with Gasteiger partial charge in [0.15, 0.2) is 0 Å². The molecular formula is C11H24N2. The van der Waals surface area contributed by atoms with Crippen LogP contribution in [-0.2, 0) is 0 Å². The van der Waals surface area contributed by atoms with Gasteiger partial charge in [0.1, 0.15) is 0 Å². The first-order chi connectivity index (χ1) is 6.10. The first kappa shape index (κ1) is 11.0. The Hall–Kier alpha value is -0.0800. The van der Waals surface area contributed by atoms with E-state index in [-0.39, 0.29) is 0 Å². The Labute approximate surface area is 82.7 Å². The van der Waals surface area contributed by atoms with Gasteiger partial charge < -0.3 is 5.32 Å². The van der Waals surface area contributed by atoms with Crippen molar-refractivity contribution in [3.8, 4) is 0 Å². The number of likely N-dealkylation sites (tertiary alicyclic amines) is 1. The third-order valence-electron chi connectivity index (χ3n) is 3.30. The molecule has 0 aromatic rings. The van der Waals surface area contributed by atoms with Crippen molar-refractivity contribution >= 4 is 0 Å². The summed E-state index contributed by atoms with van der Waals surface area (Å²) in [5.74, 6) is 0. The lowest BCUT2D eigenvalue weighted by Gasteiger charge is -2.45. The molecule has 78 valence electrons. The van der Waals surface area contributed by atoms with E-state index in [1.807, 2.05) is 0 Å². The Morgan fingerprint density at radius 1 is 1.46 bits per heavy atom. The second kappa shape index (κ2) is 4.43. The minimum Gasteiger partial charge on any atom is -0.316 e. The van der Waals surface area contributed by atoms with Gasteiger partial charge in [-0.3, -0.25) is 4.90 Å². The molecule has 1 fully saturated rings. The van der Waals surface area contributed by atoms with Crippen LogP contribution in [0.3, 0.4) is 0 Å². The highest BCUT2D eigenvalue weighted by atomic mass is 15.2. The summed E-state index contributed by atoms with van der Waals surface area (Å²) in [4.78, 5) is 2.62. The van der Waals surface area contributed by atoms with Crippen molar-refractivity contribution in [3.05, 3.63) is 0 Å². The van der Waals surface area contributed by atoms with Gasteiger partial charge in [0.05, 0.1) is 0 Å². The lowest BCUT2D eigenvalue weighted by molar-refractivity contribution is 0.0595. The molecule has 0 aliphatic carbocycles. The number of piperidine rings is 1. The van der Waals surface area contributed by atoms with Crippen molar-refractivity contribution in [2.45, 2.75) is 51.6 Å². The predicted octanol–water partition coefficient (Wildman–Crippen LogP) is 1.86. The quantitative estimate of drug-likeness (QED) is 0.720. The molecule has 2 nitrogen and oxygen atoms in total. The molecule has 0 bridgehead atoms. The fourth-order valence-corrected chi connectivity index (χ4v) is 2.19. The summed E-state index contributed by atoms with van der Waals surface area (Å²) in [6.07, 6.45) is 3.90. The number of rotatable bonds is 3. The van der Waals surface area contributed by atoms with Crippen molar-refractivity contribution in [3.63, 3.8) is 0 Å². The zero-order valence-electron chi connectivity index (χ0n) is 9.56. The molecule has 1 heterocycles. The van der Waals surface area contributed by atoms with Gasteiger partial charge in [-0.15, -0.1) is 0 Å². The minimum absolute atomic E-state index is 0.420. The summed E-state index contributed by atoms with van der Waals surface area (Å²) in [7, 11) is 2.08. The third-order valence-corrected chi connectivity index (χ3v) is 3.30. The van der Waals surface area contributed by atoms with Gasteiger partial charge in [0.2, 0.25) is 0 Å². The van der Waals surface area contributed by atoms with Crippen molar-refractivity contribution in [2.75, 3.05) is 20.1 Å². The van der Waals surface area contributed by atoms with Gasteiger partial charge >= 0.3 is 0 Å². The molecule has 0 radical (unpaired) electrons. The maximum absolute atomic E-state index is 3.39. The molecule has 0 saturated carbocycles. The largest absolute Gasteiger partial charge is 0.316 e. The first-order valence-electron chi connectivity index (χ1n) is 5.52. The Bertz CT molecular complexity index is 154. The van der Waals surface area contributed by atoms with Gasteiger partial charge in [-0.2, -0.15) is 0 Å². The van der Waals surface area contributed by atoms with Gasteiger partial charge in [0.25, 0.3) is 0 Å². The molecule has 0 amide bonds. The van der Waals surface area contributed by atoms with Crippen molar-refractivity contribution in [2.24, 2.45) is 0 Å². The van der Waals surface area contributed by atoms with Gasteiger partial charge in [-0.05, 0) is 46.7 Å². The molecule has 1 saturated heterocycles. The monoisotopic (exact) mass is 184 g/mol. The Morgan fingerprint density at radius 2 is 2.15 bits per heavy atom. The van der Waals surface area contributed by atoms with Crippen LogP contribution in [0.2, 0.25) is 0 Å². The number of hydrogen-bond donors (Lipinski definition) is 1. The highest BCUT2D eigenvalue weighted by Crippen LogP contribution is 2.27. The Kier molecular flexibility index (Phi) is 3.74. The van der Waals surface area contributed by atoms with E-state index in [2.05, 4.69) is 38.0 Å². The van der Waals surface area contributed by atoms with Crippen LogP contribution in [0.25, 0.3) is 0 Å². The summed E-state index contributed by atoms with van der Waals surface area (Å²) in [5.41, 5.74) is 0.420. The van der Waals surface area contributed by atoms with E-state index < -0.39 is 0 Å². The molecule has 1 aliphatic rings. The van der Waals surface area contributed by atoms with Crippen LogP contribution in [-0.4, -0.2) is 36.6 Å². The van der Waals surface area contributed by atoms with Gasteiger partial charge in [-0.1, -0.05) is 6.92 Å². The van der Waals surface area contributed by atoms with Gasteiger partial charge in [0, 0.05) is 18.1 Å². The highest BCUT2D eigenvalue weighted by Gasteiger charge is 2.32. The van der Waals surface area contributed by atoms with E-state index in [0.717, 1.165) is 0 Å². The van der Waals surface area contributed by atoms with E-state index in [1.54, 1.807) is 0 Å². The van der Waals surface area contributed by atoms with Crippen LogP contribution in [0.15, 0.2) is 0 Å². The number of likely N-dealkylation sites (N-methyl/N-ethyl adjacent to an activating group) is 1. The molecule has 13 heavy (non-hydrogen) atoms. The zero-order chi connectivity index (χ0) is 9.90. The Balaban J connectivity index is 2.52. The van der Waals surface area contributed by atoms with E-state index in [0.29, 0.717) is 11.6 Å². The molecule has 1 rings (SSSR count). The number of nitrogens with one attached hydrogen (secondary N) is 1. The highest BCUT2D eigenvalue weighted by molar-refractivity contribution is 4.90. The van der Waals surface area contributed by atoms with Crippen LogP contribution < -0.4 is 5.32 Å². The van der Waals surface area contributed by atoms with Crippen molar-refractivity contribution < 1.29 is 0 Å². The molecule has 1 atom stereocenters. The molecule has 2 heteroatoms. The normalized spacial score (nSPS) is 29.1. The molecule has 1 N–H and O–H groups in total. The van der Waals surface area contributed by atoms with Crippen LogP contribution >= 0.6 is 0 Å². The lowest BCUT2D eigenvalue weighted by Crippen LogP contribution is -2.55. The first-order valence-corrected chi connectivity index (χ1v) is 5.52. The van der Waals surface area contributed by atoms with Crippen LogP contribution in [0, 0.1) is 0 Å². The molecular weight excluding hydrogens is 160 g/mol. The smallest absolute Gasteiger partial charge is 0.0192 e. The molecule has 0 spiro atoms. The van der Waals surface area contributed by atoms with E-state index in [4.69, 9.17) is 0 Å². The summed E-state index contributed by atoms with van der Waals surface area (Å²) in [6.45, 7) is 9.46. The number of hydrogen-bond acceptors (Lipinski definition) is 2. The van der Waals surface area contributed by atoms with Crippen LogP contribution in [0.4, 0.5) is 0 Å². The van der Waals surface area contributed by atoms with E-state index >= 15 is 0 Å². The minimum atomic E-state index is 0.420. The molecule has 0 aromatic carbocycles. The fourth-order valence-electron chi connectivity index (χ4n) is 2.19. The number of nitrogens with zero attached hydrogens (tertiary/aromatic N) is 1. The maximum Gasteiger partial charge on any atom is 0.0192 e. The van der Waals surface area contributed by atoms with Crippen LogP contribution in [0.5, 0.6) is 0 Å². The van der Waals surface area contributed by atoms with Crippen molar-refractivity contribution in [1.82, 2.24) is 10.2 Å². The lowest BCUT2D eigenvalue weighted by atomic mass is 9.88. The standard InChI is InChI=1S/C11H24N2/c1-5-8-13-9-10(12-4)6-7-11(13,2)3/h10,12H,5-9H2,1-4H3. The Morgan fingerprint density at radius 3 is 2.69 bits per heavy atom.